The first kappa shape index (κ1) is 10.4. The van der Waals surface area contributed by atoms with Gasteiger partial charge in [-0.25, -0.2) is 0 Å². The van der Waals surface area contributed by atoms with Gasteiger partial charge in [0.15, 0.2) is 0 Å². The van der Waals surface area contributed by atoms with E-state index in [0.29, 0.717) is 0 Å². The number of hydrogen-bond acceptors (Lipinski definition) is 1. The number of aliphatic carboxylic acids is 1. The Morgan fingerprint density at radius 2 is 2.14 bits per heavy atom. The van der Waals surface area contributed by atoms with Crippen LogP contribution in [-0.4, -0.2) is 36.7 Å². The van der Waals surface area contributed by atoms with Crippen molar-refractivity contribution in [2.24, 2.45) is 0 Å². The second-order valence-corrected chi connectivity index (χ2v) is 1.21. The van der Waals surface area contributed by atoms with Gasteiger partial charge in [0, 0.05) is 5.88 Å². The third-order valence-corrected chi connectivity index (χ3v) is 0.497. The van der Waals surface area contributed by atoms with Crippen molar-refractivity contribution in [2.75, 3.05) is 5.88 Å². The average Bonchev–Trinajstić information content (AvgIpc) is 1.35. The second-order valence-electron chi connectivity index (χ2n) is 0.833. The molecule has 0 saturated carbocycles. The molecule has 0 aromatic rings. The summed E-state index contributed by atoms with van der Waals surface area (Å²) in [6.07, 6.45) is 0.0571. The van der Waals surface area contributed by atoms with Crippen LogP contribution in [-0.2, 0) is 4.79 Å². The fraction of sp³-hybridized carbons (Fsp3) is 0.667. The van der Waals surface area contributed by atoms with Gasteiger partial charge in [0.05, 0.1) is 6.42 Å². The fourth-order valence-electron chi connectivity index (χ4n) is 0.0808. The first-order valence-electron chi connectivity index (χ1n) is 1.55. The van der Waals surface area contributed by atoms with Gasteiger partial charge in [0.2, 0.25) is 0 Å². The Bertz CT molecular complexity index is 56.9. The van der Waals surface area contributed by atoms with Crippen LogP contribution in [0.3, 0.4) is 0 Å². The van der Waals surface area contributed by atoms with E-state index in [0.717, 1.165) is 0 Å². The van der Waals surface area contributed by atoms with Gasteiger partial charge in [-0.05, 0) is 0 Å². The van der Waals surface area contributed by atoms with Gasteiger partial charge in [-0.15, -0.1) is 11.6 Å². The molecule has 4 heteroatoms. The number of carbonyl (C=O) groups is 1. The van der Waals surface area contributed by atoms with E-state index in [2.05, 4.69) is 0 Å². The van der Waals surface area contributed by atoms with Gasteiger partial charge in [0.25, 0.3) is 0 Å². The van der Waals surface area contributed by atoms with Crippen LogP contribution in [0.15, 0.2) is 0 Å². The van der Waals surface area contributed by atoms with Crippen molar-refractivity contribution >= 4 is 37.4 Å². The van der Waals surface area contributed by atoms with Crippen LogP contribution >= 0.6 is 11.6 Å². The summed E-state index contributed by atoms with van der Waals surface area (Å²) in [5.41, 5.74) is 0. The molecular weight excluding hydrogens is 173 g/mol. The molecule has 0 aromatic heterocycles. The zero-order valence-electron chi connectivity index (χ0n) is 3.15. The predicted octanol–water partition coefficient (Wildman–Crippen LogP) is -0.484. The minimum atomic E-state index is -0.843. The molecule has 0 atom stereocenters. The summed E-state index contributed by atoms with van der Waals surface area (Å²) in [7, 11) is 0. The number of alkyl halides is 1. The summed E-state index contributed by atoms with van der Waals surface area (Å²) in [4.78, 5) is 9.51. The molecule has 0 aromatic carbocycles. The Labute approximate surface area is 59.9 Å². The van der Waals surface area contributed by atoms with Crippen molar-refractivity contribution < 1.29 is 9.90 Å². The first-order valence-corrected chi connectivity index (χ1v) is 2.08. The van der Waals surface area contributed by atoms with Crippen molar-refractivity contribution in [1.29, 1.82) is 0 Å². The Morgan fingerprint density at radius 3 is 2.14 bits per heavy atom. The third-order valence-electron chi connectivity index (χ3n) is 0.308. The molecule has 0 fully saturated rings. The molecule has 0 heterocycles. The van der Waals surface area contributed by atoms with Gasteiger partial charge in [-0.3, -0.25) is 4.79 Å². The summed E-state index contributed by atoms with van der Waals surface area (Å²) in [6, 6.07) is 0. The zero-order chi connectivity index (χ0) is 4.99. The number of hydrogen-bond donors (Lipinski definition) is 1. The van der Waals surface area contributed by atoms with Crippen LogP contribution < -0.4 is 0 Å². The maximum atomic E-state index is 9.51. The summed E-state index contributed by atoms with van der Waals surface area (Å²) in [6.45, 7) is 0. The first-order chi connectivity index (χ1) is 2.77. The van der Waals surface area contributed by atoms with Crippen LogP contribution in [0.4, 0.5) is 0 Å². The van der Waals surface area contributed by atoms with E-state index in [1.54, 1.807) is 0 Å². The summed E-state index contributed by atoms with van der Waals surface area (Å²) >= 11 is 5.02. The summed E-state index contributed by atoms with van der Waals surface area (Å²) in [5, 5.41) is 7.83. The Balaban J connectivity index is 0. The van der Waals surface area contributed by atoms with Gasteiger partial charge in [-0.2, -0.15) is 0 Å². The van der Waals surface area contributed by atoms with Crippen molar-refractivity contribution in [3.8, 4) is 0 Å². The molecule has 2 nitrogen and oxygen atoms in total. The van der Waals surface area contributed by atoms with Crippen molar-refractivity contribution in [3.63, 3.8) is 0 Å². The van der Waals surface area contributed by atoms with Crippen LogP contribution in [0.2, 0.25) is 0 Å². The van der Waals surface area contributed by atoms with E-state index >= 15 is 0 Å². The summed E-state index contributed by atoms with van der Waals surface area (Å²) in [5.74, 6) is -0.639. The molecule has 0 saturated heterocycles. The number of halogens is 1. The number of rotatable bonds is 2. The molecule has 1 N–H and O–H groups in total. The molecular formula is C3H8ClGaO2. The third kappa shape index (κ3) is 10.7. The Morgan fingerprint density at radius 1 is 1.71 bits per heavy atom. The maximum absolute atomic E-state index is 9.51. The molecule has 0 radical (unpaired) electrons. The Hall–Kier alpha value is 0.396. The molecule has 0 aliphatic carbocycles. The van der Waals surface area contributed by atoms with Gasteiger partial charge >= 0.3 is 25.8 Å². The summed E-state index contributed by atoms with van der Waals surface area (Å²) < 4.78 is 0. The quantitative estimate of drug-likeness (QED) is 0.461. The normalized spacial score (nSPS) is 7.00. The van der Waals surface area contributed by atoms with Gasteiger partial charge in [-0.1, -0.05) is 0 Å². The van der Waals surface area contributed by atoms with Gasteiger partial charge in [0.1, 0.15) is 0 Å². The number of carboxylic acids is 1. The number of carboxylic acid groups (broad SMARTS) is 1. The molecule has 0 rings (SSSR count). The van der Waals surface area contributed by atoms with Crippen molar-refractivity contribution in [1.82, 2.24) is 0 Å². The van der Waals surface area contributed by atoms with Crippen molar-refractivity contribution in [2.45, 2.75) is 6.42 Å². The molecule has 0 aliphatic heterocycles. The van der Waals surface area contributed by atoms with Crippen LogP contribution in [0.5, 0.6) is 0 Å². The molecule has 42 valence electrons. The second kappa shape index (κ2) is 6.40. The van der Waals surface area contributed by atoms with Crippen LogP contribution in [0.25, 0.3) is 0 Å². The standard InChI is InChI=1S/C3H5ClO2.Ga.3H/c4-2-1-3(5)6;;;;/h1-2H2,(H,5,6);;;;. The van der Waals surface area contributed by atoms with E-state index in [-0.39, 0.29) is 32.1 Å². The van der Waals surface area contributed by atoms with E-state index in [9.17, 15) is 4.79 Å². The molecule has 0 unspecified atom stereocenters. The van der Waals surface area contributed by atoms with Crippen molar-refractivity contribution in [3.05, 3.63) is 0 Å². The Kier molecular flexibility index (Phi) is 9.50. The van der Waals surface area contributed by atoms with E-state index < -0.39 is 5.97 Å². The fourth-order valence-corrected chi connectivity index (χ4v) is 0.243. The predicted molar refractivity (Wildman–Crippen MR) is 32.9 cm³/mol. The van der Waals surface area contributed by atoms with Crippen LogP contribution in [0, 0.1) is 0 Å². The molecule has 0 amide bonds. The monoisotopic (exact) mass is 180 g/mol. The zero-order valence-corrected chi connectivity index (χ0v) is 3.90. The van der Waals surface area contributed by atoms with Gasteiger partial charge < -0.3 is 5.11 Å². The van der Waals surface area contributed by atoms with E-state index in [4.69, 9.17) is 16.7 Å². The molecule has 0 aliphatic rings. The van der Waals surface area contributed by atoms with E-state index in [1.165, 1.54) is 0 Å². The topological polar surface area (TPSA) is 37.3 Å². The molecule has 0 spiro atoms. The average molecular weight is 181 g/mol. The minimum absolute atomic E-state index is 0. The molecule has 0 bridgehead atoms. The SMILES string of the molecule is O=C(O)CCCl.[GaH3]. The molecule has 7 heavy (non-hydrogen) atoms. The van der Waals surface area contributed by atoms with E-state index in [1.807, 2.05) is 0 Å². The van der Waals surface area contributed by atoms with Crippen LogP contribution in [0.1, 0.15) is 6.42 Å².